The fourth-order valence-corrected chi connectivity index (χ4v) is 5.15. The number of fused-ring (bicyclic) bond motifs is 1. The number of hydrogen-bond donors (Lipinski definition) is 1. The molecule has 0 unspecified atom stereocenters. The molecule has 3 heterocycles. The van der Waals surface area contributed by atoms with Crippen LogP contribution >= 0.6 is 0 Å². The zero-order valence-electron chi connectivity index (χ0n) is 24.3. The summed E-state index contributed by atoms with van der Waals surface area (Å²) in [6.45, 7) is 4.11. The Morgan fingerprint density at radius 3 is 2.02 bits per heavy atom. The Morgan fingerprint density at radius 1 is 0.791 bits per heavy atom. The summed E-state index contributed by atoms with van der Waals surface area (Å²) in [6.07, 6.45) is -13.5. The van der Waals surface area contributed by atoms with Crippen LogP contribution in [0.25, 0.3) is 0 Å². The summed E-state index contributed by atoms with van der Waals surface area (Å²) in [7, 11) is 1.33. The molecule has 3 aliphatic heterocycles. The van der Waals surface area contributed by atoms with Gasteiger partial charge in [-0.2, -0.15) is 0 Å². The maximum absolute atomic E-state index is 12.2. The molecule has 0 bridgehead atoms. The van der Waals surface area contributed by atoms with E-state index >= 15 is 0 Å². The van der Waals surface area contributed by atoms with E-state index in [-0.39, 0.29) is 6.61 Å². The molecule has 0 aliphatic carbocycles. The Kier molecular flexibility index (Phi) is 11.1. The number of benzene rings is 1. The van der Waals surface area contributed by atoms with Crippen molar-refractivity contribution in [3.05, 3.63) is 35.9 Å². The number of carbonyl (C=O) groups excluding carboxylic acids is 4. The van der Waals surface area contributed by atoms with Crippen molar-refractivity contribution < 1.29 is 71.7 Å². The minimum atomic E-state index is -1.56. The molecule has 3 aliphatic rings. The molecule has 3 saturated heterocycles. The highest BCUT2D eigenvalue weighted by molar-refractivity contribution is 5.68. The SMILES string of the molecule is CO[C@H]1O[C@@H]2CO[C@@H](c3ccccc3)O[C@H]2[C@H](O[C@H]2O[C@H](COC(C)=O)[C@@H](OC(C)=O)[C@H](OC(C)=O)[C@@H]2OC(C)=O)[C@@H]1O. The van der Waals surface area contributed by atoms with Crippen molar-refractivity contribution in [2.45, 2.75) is 95.4 Å². The van der Waals surface area contributed by atoms with Gasteiger partial charge in [0.1, 0.15) is 37.1 Å². The highest BCUT2D eigenvalue weighted by Crippen LogP contribution is 2.38. The van der Waals surface area contributed by atoms with Gasteiger partial charge in [-0.05, 0) is 0 Å². The molecule has 0 radical (unpaired) electrons. The van der Waals surface area contributed by atoms with Crippen molar-refractivity contribution in [3.8, 4) is 0 Å². The van der Waals surface area contributed by atoms with Crippen molar-refractivity contribution in [1.82, 2.24) is 0 Å². The van der Waals surface area contributed by atoms with Crippen LogP contribution in [-0.2, 0) is 66.5 Å². The number of carbonyl (C=O) groups is 4. The van der Waals surface area contributed by atoms with Crippen molar-refractivity contribution in [2.24, 2.45) is 0 Å². The number of esters is 4. The number of hydrogen-bond acceptors (Lipinski definition) is 15. The molecule has 11 atom stereocenters. The second-order valence-electron chi connectivity index (χ2n) is 10.1. The first kappa shape index (κ1) is 32.7. The van der Waals surface area contributed by atoms with Gasteiger partial charge in [0.2, 0.25) is 0 Å². The third kappa shape index (κ3) is 8.06. The Bertz CT molecular complexity index is 1130. The molecule has 15 heteroatoms. The Labute approximate surface area is 247 Å². The fraction of sp³-hybridized carbons (Fsp3) is 0.643. The largest absolute Gasteiger partial charge is 0.463 e. The van der Waals surface area contributed by atoms with E-state index in [9.17, 15) is 24.3 Å². The lowest BCUT2D eigenvalue weighted by Crippen LogP contribution is -2.67. The van der Waals surface area contributed by atoms with Gasteiger partial charge >= 0.3 is 23.9 Å². The van der Waals surface area contributed by atoms with Crippen LogP contribution in [0, 0.1) is 0 Å². The third-order valence-electron chi connectivity index (χ3n) is 6.85. The maximum atomic E-state index is 12.2. The minimum Gasteiger partial charge on any atom is -0.463 e. The van der Waals surface area contributed by atoms with Crippen LogP contribution in [0.3, 0.4) is 0 Å². The molecule has 1 aromatic carbocycles. The Morgan fingerprint density at radius 2 is 1.42 bits per heavy atom. The van der Waals surface area contributed by atoms with Gasteiger partial charge in [-0.3, -0.25) is 19.2 Å². The highest BCUT2D eigenvalue weighted by atomic mass is 16.8. The van der Waals surface area contributed by atoms with E-state index in [0.29, 0.717) is 5.56 Å². The highest BCUT2D eigenvalue weighted by Gasteiger charge is 2.57. The summed E-state index contributed by atoms with van der Waals surface area (Å²) in [5.74, 6) is -3.03. The predicted molar refractivity (Wildman–Crippen MR) is 139 cm³/mol. The molecule has 15 nitrogen and oxygen atoms in total. The van der Waals surface area contributed by atoms with Crippen LogP contribution in [0.2, 0.25) is 0 Å². The van der Waals surface area contributed by atoms with Gasteiger partial charge in [0.25, 0.3) is 0 Å². The summed E-state index contributed by atoms with van der Waals surface area (Å²) in [6, 6.07) is 9.07. The first-order chi connectivity index (χ1) is 20.5. The maximum Gasteiger partial charge on any atom is 0.303 e. The third-order valence-corrected chi connectivity index (χ3v) is 6.85. The van der Waals surface area contributed by atoms with Crippen LogP contribution in [-0.4, -0.2) is 111 Å². The smallest absolute Gasteiger partial charge is 0.303 e. The lowest BCUT2D eigenvalue weighted by molar-refractivity contribution is -0.390. The monoisotopic (exact) mass is 612 g/mol. The summed E-state index contributed by atoms with van der Waals surface area (Å²) in [5.41, 5.74) is 0.704. The summed E-state index contributed by atoms with van der Waals surface area (Å²) in [5, 5.41) is 11.3. The Hall–Kier alpha value is -3.18. The van der Waals surface area contributed by atoms with E-state index in [2.05, 4.69) is 0 Å². The van der Waals surface area contributed by atoms with Crippen molar-refractivity contribution in [1.29, 1.82) is 0 Å². The molecular weight excluding hydrogens is 576 g/mol. The van der Waals surface area contributed by atoms with Crippen molar-refractivity contribution >= 4 is 23.9 Å². The van der Waals surface area contributed by atoms with Gasteiger partial charge in [0, 0.05) is 40.4 Å². The van der Waals surface area contributed by atoms with Crippen molar-refractivity contribution in [2.75, 3.05) is 20.3 Å². The number of rotatable bonds is 9. The zero-order valence-corrected chi connectivity index (χ0v) is 24.3. The van der Waals surface area contributed by atoms with Gasteiger partial charge in [-0.15, -0.1) is 0 Å². The Balaban J connectivity index is 1.69. The standard InChI is InChI=1S/C28H36O15/c1-13(29)35-11-18-22(37-14(2)30)24(38-15(3)31)25(39-16(4)32)28(41-18)43-23-20(33)27(34-5)40-19-12-36-26(42-21(19)23)17-9-7-6-8-10-17/h6-10,18-28,33H,11-12H2,1-5H3/t18-,19-,20+,21-,22-,23-,24+,25+,26-,27+,28-/m1/s1. The molecular formula is C28H36O15. The number of aliphatic hydroxyl groups is 1. The zero-order chi connectivity index (χ0) is 31.3. The molecule has 3 fully saturated rings. The van der Waals surface area contributed by atoms with E-state index < -0.39 is 98.2 Å². The average molecular weight is 613 g/mol. The quantitative estimate of drug-likeness (QED) is 0.297. The molecule has 0 amide bonds. The molecule has 4 rings (SSSR count). The fourth-order valence-electron chi connectivity index (χ4n) is 5.15. The number of ether oxygens (including phenoxy) is 10. The molecule has 0 saturated carbocycles. The van der Waals surface area contributed by atoms with E-state index in [1.165, 1.54) is 7.11 Å². The first-order valence-corrected chi connectivity index (χ1v) is 13.6. The van der Waals surface area contributed by atoms with Crippen LogP contribution in [0.1, 0.15) is 39.5 Å². The molecule has 238 valence electrons. The normalized spacial score (nSPS) is 35.6. The van der Waals surface area contributed by atoms with E-state index in [0.717, 1.165) is 27.7 Å². The van der Waals surface area contributed by atoms with Crippen molar-refractivity contribution in [3.63, 3.8) is 0 Å². The number of aliphatic hydroxyl groups excluding tert-OH is 1. The van der Waals surface area contributed by atoms with Gasteiger partial charge in [0.15, 0.2) is 37.2 Å². The lowest BCUT2D eigenvalue weighted by atomic mass is 9.95. The molecule has 43 heavy (non-hydrogen) atoms. The van der Waals surface area contributed by atoms with Gasteiger partial charge < -0.3 is 52.5 Å². The van der Waals surface area contributed by atoms with E-state index in [4.69, 9.17) is 47.4 Å². The van der Waals surface area contributed by atoms with E-state index in [1.807, 2.05) is 18.2 Å². The second-order valence-corrected chi connectivity index (χ2v) is 10.1. The average Bonchev–Trinajstić information content (AvgIpc) is 2.95. The summed E-state index contributed by atoms with van der Waals surface area (Å²) >= 11 is 0. The van der Waals surface area contributed by atoms with Gasteiger partial charge in [-0.25, -0.2) is 0 Å². The topological polar surface area (TPSA) is 181 Å². The van der Waals surface area contributed by atoms with Crippen LogP contribution in [0.4, 0.5) is 0 Å². The van der Waals surface area contributed by atoms with Gasteiger partial charge in [-0.1, -0.05) is 30.3 Å². The van der Waals surface area contributed by atoms with Gasteiger partial charge in [0.05, 0.1) is 6.61 Å². The lowest BCUT2D eigenvalue weighted by Gasteiger charge is -2.50. The second kappa shape index (κ2) is 14.5. The van der Waals surface area contributed by atoms with Crippen LogP contribution in [0.15, 0.2) is 30.3 Å². The first-order valence-electron chi connectivity index (χ1n) is 13.6. The van der Waals surface area contributed by atoms with Crippen LogP contribution in [0.5, 0.6) is 0 Å². The molecule has 1 aromatic rings. The molecule has 0 aromatic heterocycles. The molecule has 1 N–H and O–H groups in total. The summed E-state index contributed by atoms with van der Waals surface area (Å²) in [4.78, 5) is 48.0. The van der Waals surface area contributed by atoms with E-state index in [1.54, 1.807) is 12.1 Å². The summed E-state index contributed by atoms with van der Waals surface area (Å²) < 4.78 is 57.1. The minimum absolute atomic E-state index is 0.0508. The molecule has 0 spiro atoms. The predicted octanol–water partition coefficient (Wildman–Crippen LogP) is 0.301. The number of methoxy groups -OCH3 is 1. The van der Waals surface area contributed by atoms with Crippen LogP contribution < -0.4 is 0 Å².